The first-order valence-electron chi connectivity index (χ1n) is 4.55. The summed E-state index contributed by atoms with van der Waals surface area (Å²) in [6, 6.07) is 7.44. The molecule has 1 amide bonds. The van der Waals surface area contributed by atoms with Gasteiger partial charge in [-0.2, -0.15) is 0 Å². The zero-order chi connectivity index (χ0) is 11.5. The summed E-state index contributed by atoms with van der Waals surface area (Å²) in [4.78, 5) is 19.2. The van der Waals surface area contributed by atoms with Gasteiger partial charge in [-0.1, -0.05) is 28.1 Å². The number of rotatable bonds is 2. The van der Waals surface area contributed by atoms with Gasteiger partial charge in [-0.3, -0.25) is 9.78 Å². The monoisotopic (exact) mass is 277 g/mol. The minimum Gasteiger partial charge on any atom is -0.364 e. The van der Waals surface area contributed by atoms with Crippen molar-refractivity contribution in [3.05, 3.63) is 46.8 Å². The van der Waals surface area contributed by atoms with Crippen molar-refractivity contribution in [1.82, 2.24) is 9.97 Å². The summed E-state index contributed by atoms with van der Waals surface area (Å²) in [7, 11) is 0. The van der Waals surface area contributed by atoms with Gasteiger partial charge in [0.1, 0.15) is 5.69 Å². The molecule has 1 heterocycles. The number of carbonyl (C=O) groups is 1. The van der Waals surface area contributed by atoms with E-state index in [9.17, 15) is 4.79 Å². The minimum atomic E-state index is -0.578. The van der Waals surface area contributed by atoms with E-state index in [1.165, 1.54) is 12.4 Å². The van der Waals surface area contributed by atoms with E-state index in [1.54, 1.807) is 0 Å². The van der Waals surface area contributed by atoms with Crippen LogP contribution in [0.5, 0.6) is 0 Å². The van der Waals surface area contributed by atoms with E-state index in [4.69, 9.17) is 5.73 Å². The van der Waals surface area contributed by atoms with Gasteiger partial charge in [-0.25, -0.2) is 4.98 Å². The molecule has 1 aromatic carbocycles. The minimum absolute atomic E-state index is 0.185. The number of carbonyl (C=O) groups excluding carboxylic acids is 1. The number of amides is 1. The molecule has 0 saturated carbocycles. The molecule has 0 aliphatic rings. The third-order valence-electron chi connectivity index (χ3n) is 2.05. The number of nitrogens with two attached hydrogens (primary N) is 1. The van der Waals surface area contributed by atoms with Crippen molar-refractivity contribution in [2.24, 2.45) is 5.73 Å². The molecule has 0 radical (unpaired) electrons. The maximum Gasteiger partial charge on any atom is 0.269 e. The summed E-state index contributed by atoms with van der Waals surface area (Å²) >= 11 is 3.34. The Balaban J connectivity index is 2.55. The molecule has 2 rings (SSSR count). The zero-order valence-electron chi connectivity index (χ0n) is 8.22. The molecule has 0 aliphatic carbocycles. The van der Waals surface area contributed by atoms with E-state index in [1.807, 2.05) is 24.3 Å². The van der Waals surface area contributed by atoms with E-state index >= 15 is 0 Å². The van der Waals surface area contributed by atoms with E-state index in [0.29, 0.717) is 5.69 Å². The summed E-state index contributed by atoms with van der Waals surface area (Å²) < 4.78 is 0.959. The summed E-state index contributed by atoms with van der Waals surface area (Å²) in [5.41, 5.74) is 6.73. The average Bonchev–Trinajstić information content (AvgIpc) is 2.30. The van der Waals surface area contributed by atoms with Crippen LogP contribution in [-0.4, -0.2) is 15.9 Å². The number of nitrogens with zero attached hydrogens (tertiary/aromatic N) is 2. The Hall–Kier alpha value is -1.75. The van der Waals surface area contributed by atoms with Crippen LogP contribution in [0.25, 0.3) is 11.3 Å². The van der Waals surface area contributed by atoms with E-state index in [0.717, 1.165) is 10.0 Å². The number of aromatic nitrogens is 2. The number of benzene rings is 1. The molecule has 0 aliphatic heterocycles. The summed E-state index contributed by atoms with van der Waals surface area (Å²) in [6.07, 6.45) is 2.98. The first kappa shape index (κ1) is 10.8. The first-order valence-corrected chi connectivity index (χ1v) is 5.34. The number of primary amides is 1. The Morgan fingerprint density at radius 3 is 2.38 bits per heavy atom. The molecule has 0 spiro atoms. The zero-order valence-corrected chi connectivity index (χ0v) is 9.81. The van der Waals surface area contributed by atoms with E-state index in [-0.39, 0.29) is 5.69 Å². The molecule has 16 heavy (non-hydrogen) atoms. The Kier molecular flexibility index (Phi) is 2.96. The van der Waals surface area contributed by atoms with Gasteiger partial charge in [-0.15, -0.1) is 0 Å². The third-order valence-corrected chi connectivity index (χ3v) is 2.58. The van der Waals surface area contributed by atoms with Crippen molar-refractivity contribution < 1.29 is 4.79 Å². The van der Waals surface area contributed by atoms with Crippen LogP contribution in [0.2, 0.25) is 0 Å². The molecule has 0 fully saturated rings. The highest BCUT2D eigenvalue weighted by Crippen LogP contribution is 2.21. The highest BCUT2D eigenvalue weighted by atomic mass is 79.9. The molecule has 2 aromatic rings. The molecule has 80 valence electrons. The molecular formula is C11H8BrN3O. The van der Waals surface area contributed by atoms with Crippen molar-refractivity contribution in [1.29, 1.82) is 0 Å². The van der Waals surface area contributed by atoms with Crippen molar-refractivity contribution in [2.75, 3.05) is 0 Å². The predicted octanol–water partition coefficient (Wildman–Crippen LogP) is 2.00. The van der Waals surface area contributed by atoms with Gasteiger partial charge in [0.25, 0.3) is 5.91 Å². The van der Waals surface area contributed by atoms with Crippen LogP contribution in [0.15, 0.2) is 41.1 Å². The Morgan fingerprint density at radius 1 is 1.12 bits per heavy atom. The second-order valence-corrected chi connectivity index (χ2v) is 4.04. The normalized spacial score (nSPS) is 10.1. The van der Waals surface area contributed by atoms with Crippen LogP contribution in [-0.2, 0) is 0 Å². The van der Waals surface area contributed by atoms with Crippen LogP contribution in [0.1, 0.15) is 10.5 Å². The Labute approximate surface area is 101 Å². The fraction of sp³-hybridized carbons (Fsp3) is 0. The van der Waals surface area contributed by atoms with Crippen LogP contribution in [0.4, 0.5) is 0 Å². The molecule has 0 unspecified atom stereocenters. The lowest BCUT2D eigenvalue weighted by Gasteiger charge is -2.04. The van der Waals surface area contributed by atoms with Crippen LogP contribution < -0.4 is 5.73 Å². The van der Waals surface area contributed by atoms with Crippen molar-refractivity contribution in [3.8, 4) is 11.3 Å². The topological polar surface area (TPSA) is 68.9 Å². The molecular weight excluding hydrogens is 270 g/mol. The maximum atomic E-state index is 11.2. The molecule has 0 saturated heterocycles. The smallest absolute Gasteiger partial charge is 0.269 e. The second-order valence-electron chi connectivity index (χ2n) is 3.12. The van der Waals surface area contributed by atoms with Crippen molar-refractivity contribution >= 4 is 21.8 Å². The van der Waals surface area contributed by atoms with E-state index in [2.05, 4.69) is 25.9 Å². The number of hydrogen-bond donors (Lipinski definition) is 1. The van der Waals surface area contributed by atoms with Gasteiger partial charge < -0.3 is 5.73 Å². The summed E-state index contributed by atoms with van der Waals surface area (Å²) in [6.45, 7) is 0. The molecule has 0 atom stereocenters. The third kappa shape index (κ3) is 2.09. The van der Waals surface area contributed by atoms with Crippen molar-refractivity contribution in [2.45, 2.75) is 0 Å². The van der Waals surface area contributed by atoms with E-state index < -0.39 is 5.91 Å². The lowest BCUT2D eigenvalue weighted by molar-refractivity contribution is 0.0996. The lowest BCUT2D eigenvalue weighted by atomic mass is 10.1. The molecule has 5 heteroatoms. The molecule has 1 aromatic heterocycles. The SMILES string of the molecule is NC(=O)c1nccnc1-c1ccc(Br)cc1. The Bertz CT molecular complexity index is 525. The van der Waals surface area contributed by atoms with Gasteiger partial charge in [0.15, 0.2) is 5.69 Å². The van der Waals surface area contributed by atoms with Crippen LogP contribution in [0, 0.1) is 0 Å². The van der Waals surface area contributed by atoms with Gasteiger partial charge in [0, 0.05) is 22.4 Å². The second kappa shape index (κ2) is 4.40. The van der Waals surface area contributed by atoms with Crippen LogP contribution in [0.3, 0.4) is 0 Å². The quantitative estimate of drug-likeness (QED) is 0.913. The maximum absolute atomic E-state index is 11.2. The fourth-order valence-electron chi connectivity index (χ4n) is 1.34. The standard InChI is InChI=1S/C11H8BrN3O/c12-8-3-1-7(2-4-8)9-10(11(13)16)15-6-5-14-9/h1-6H,(H2,13,16). The summed E-state index contributed by atoms with van der Waals surface area (Å²) in [5.74, 6) is -0.578. The highest BCUT2D eigenvalue weighted by Gasteiger charge is 2.11. The highest BCUT2D eigenvalue weighted by molar-refractivity contribution is 9.10. The molecule has 4 nitrogen and oxygen atoms in total. The predicted molar refractivity (Wildman–Crippen MR) is 63.7 cm³/mol. The first-order chi connectivity index (χ1) is 7.68. The molecule has 2 N–H and O–H groups in total. The Morgan fingerprint density at radius 2 is 1.75 bits per heavy atom. The number of halogens is 1. The number of hydrogen-bond acceptors (Lipinski definition) is 3. The average molecular weight is 278 g/mol. The summed E-state index contributed by atoms with van der Waals surface area (Å²) in [5, 5.41) is 0. The molecule has 0 bridgehead atoms. The fourth-order valence-corrected chi connectivity index (χ4v) is 1.60. The van der Waals surface area contributed by atoms with Crippen molar-refractivity contribution in [3.63, 3.8) is 0 Å². The largest absolute Gasteiger partial charge is 0.364 e. The van der Waals surface area contributed by atoms with Crippen LogP contribution >= 0.6 is 15.9 Å². The van der Waals surface area contributed by atoms with Gasteiger partial charge in [0.2, 0.25) is 0 Å². The lowest BCUT2D eigenvalue weighted by Crippen LogP contribution is -2.15. The van der Waals surface area contributed by atoms with Gasteiger partial charge in [0.05, 0.1) is 0 Å². The van der Waals surface area contributed by atoms with Gasteiger partial charge in [-0.05, 0) is 12.1 Å². The van der Waals surface area contributed by atoms with Gasteiger partial charge >= 0.3 is 0 Å².